The summed E-state index contributed by atoms with van der Waals surface area (Å²) in [4.78, 5) is 24.5. The topological polar surface area (TPSA) is 87.5 Å². The Kier molecular flexibility index (Phi) is 3.78. The van der Waals surface area contributed by atoms with Crippen LogP contribution in [0.15, 0.2) is 42.7 Å². The van der Waals surface area contributed by atoms with Gasteiger partial charge in [-0.25, -0.2) is 9.48 Å². The summed E-state index contributed by atoms with van der Waals surface area (Å²) >= 11 is 0. The van der Waals surface area contributed by atoms with Gasteiger partial charge in [-0.3, -0.25) is 4.79 Å². The molecule has 2 amide bonds. The molecule has 1 saturated heterocycles. The monoisotopic (exact) mass is 300 g/mol. The minimum atomic E-state index is -0.848. The van der Waals surface area contributed by atoms with Crippen LogP contribution in [0, 0.1) is 5.92 Å². The van der Waals surface area contributed by atoms with Crippen LogP contribution >= 0.6 is 0 Å². The van der Waals surface area contributed by atoms with E-state index >= 15 is 0 Å². The zero-order chi connectivity index (χ0) is 15.5. The van der Waals surface area contributed by atoms with Crippen molar-refractivity contribution < 1.29 is 14.7 Å². The lowest BCUT2D eigenvalue weighted by atomic mass is 10.1. The van der Waals surface area contributed by atoms with Gasteiger partial charge >= 0.3 is 12.0 Å². The highest BCUT2D eigenvalue weighted by molar-refractivity contribution is 5.90. The lowest BCUT2D eigenvalue weighted by Crippen LogP contribution is -2.33. The molecular formula is C15H16N4O3. The molecule has 1 atom stereocenters. The van der Waals surface area contributed by atoms with E-state index in [-0.39, 0.29) is 12.6 Å². The van der Waals surface area contributed by atoms with Crippen LogP contribution < -0.4 is 5.32 Å². The fraction of sp³-hybridized carbons (Fsp3) is 0.267. The van der Waals surface area contributed by atoms with Crippen molar-refractivity contribution in [3.8, 4) is 5.69 Å². The quantitative estimate of drug-likeness (QED) is 0.905. The Labute approximate surface area is 127 Å². The first-order valence-corrected chi connectivity index (χ1v) is 7.02. The van der Waals surface area contributed by atoms with E-state index in [1.165, 1.54) is 4.90 Å². The minimum absolute atomic E-state index is 0.256. The number of aliphatic carboxylic acids is 1. The van der Waals surface area contributed by atoms with Crippen molar-refractivity contribution in [2.24, 2.45) is 5.92 Å². The van der Waals surface area contributed by atoms with E-state index in [9.17, 15) is 9.59 Å². The maximum Gasteiger partial charge on any atom is 0.321 e. The molecule has 1 aromatic heterocycles. The molecule has 7 nitrogen and oxygen atoms in total. The molecule has 114 valence electrons. The Morgan fingerprint density at radius 2 is 2.05 bits per heavy atom. The van der Waals surface area contributed by atoms with Crippen LogP contribution in [0.4, 0.5) is 10.5 Å². The first-order valence-electron chi connectivity index (χ1n) is 7.02. The summed E-state index contributed by atoms with van der Waals surface area (Å²) in [6.45, 7) is 0.723. The molecule has 0 saturated carbocycles. The molecule has 1 aromatic carbocycles. The van der Waals surface area contributed by atoms with E-state index in [0.717, 1.165) is 5.69 Å². The lowest BCUT2D eigenvalue weighted by molar-refractivity contribution is -0.141. The molecule has 0 aliphatic carbocycles. The third-order valence-electron chi connectivity index (χ3n) is 3.71. The third kappa shape index (κ3) is 2.93. The molecule has 2 N–H and O–H groups in total. The molecule has 0 radical (unpaired) electrons. The van der Waals surface area contributed by atoms with Gasteiger partial charge < -0.3 is 15.3 Å². The number of anilines is 1. The molecule has 2 aromatic rings. The van der Waals surface area contributed by atoms with Gasteiger partial charge in [0.2, 0.25) is 0 Å². The molecule has 1 aliphatic rings. The molecule has 1 unspecified atom stereocenters. The van der Waals surface area contributed by atoms with Crippen LogP contribution in [0.1, 0.15) is 6.42 Å². The van der Waals surface area contributed by atoms with Gasteiger partial charge in [0.15, 0.2) is 0 Å². The van der Waals surface area contributed by atoms with E-state index in [2.05, 4.69) is 10.4 Å². The van der Waals surface area contributed by atoms with Crippen molar-refractivity contribution in [1.29, 1.82) is 0 Å². The largest absolute Gasteiger partial charge is 0.481 e. The smallest absolute Gasteiger partial charge is 0.321 e. The molecule has 0 spiro atoms. The first-order chi connectivity index (χ1) is 10.6. The van der Waals surface area contributed by atoms with Crippen molar-refractivity contribution in [2.45, 2.75) is 6.42 Å². The van der Waals surface area contributed by atoms with Crippen molar-refractivity contribution in [1.82, 2.24) is 14.7 Å². The Bertz CT molecular complexity index is 667. The number of hydrogen-bond acceptors (Lipinski definition) is 3. The van der Waals surface area contributed by atoms with E-state index in [4.69, 9.17) is 5.11 Å². The highest BCUT2D eigenvalue weighted by atomic mass is 16.4. The molecular weight excluding hydrogens is 284 g/mol. The molecule has 1 fully saturated rings. The van der Waals surface area contributed by atoms with Crippen LogP contribution in [-0.2, 0) is 4.79 Å². The zero-order valence-corrected chi connectivity index (χ0v) is 11.8. The number of hydrogen-bond donors (Lipinski definition) is 2. The van der Waals surface area contributed by atoms with Crippen LogP contribution in [0.2, 0.25) is 0 Å². The number of nitrogens with zero attached hydrogens (tertiary/aromatic N) is 3. The molecule has 22 heavy (non-hydrogen) atoms. The van der Waals surface area contributed by atoms with E-state index in [1.807, 2.05) is 24.4 Å². The summed E-state index contributed by atoms with van der Waals surface area (Å²) in [6, 6.07) is 8.86. The second-order valence-corrected chi connectivity index (χ2v) is 5.20. The number of amides is 2. The van der Waals surface area contributed by atoms with Crippen molar-refractivity contribution >= 4 is 17.7 Å². The number of aromatic nitrogens is 2. The molecule has 7 heteroatoms. The molecule has 2 heterocycles. The van der Waals surface area contributed by atoms with Gasteiger partial charge in [0.1, 0.15) is 0 Å². The lowest BCUT2D eigenvalue weighted by Gasteiger charge is -2.16. The number of rotatable bonds is 3. The first kappa shape index (κ1) is 14.1. The van der Waals surface area contributed by atoms with E-state index in [0.29, 0.717) is 18.7 Å². The van der Waals surface area contributed by atoms with Crippen LogP contribution in [0.5, 0.6) is 0 Å². The Morgan fingerprint density at radius 1 is 1.27 bits per heavy atom. The van der Waals surface area contributed by atoms with Crippen LogP contribution in [0.3, 0.4) is 0 Å². The summed E-state index contributed by atoms with van der Waals surface area (Å²) in [5.74, 6) is -1.31. The van der Waals surface area contributed by atoms with Crippen molar-refractivity contribution in [3.63, 3.8) is 0 Å². The molecule has 1 aliphatic heterocycles. The number of nitrogens with one attached hydrogen (secondary N) is 1. The van der Waals surface area contributed by atoms with Gasteiger partial charge in [0, 0.05) is 31.2 Å². The number of likely N-dealkylation sites (tertiary alicyclic amines) is 1. The molecule has 0 bridgehead atoms. The van der Waals surface area contributed by atoms with Gasteiger partial charge in [0.05, 0.1) is 11.6 Å². The van der Waals surface area contributed by atoms with Gasteiger partial charge in [-0.1, -0.05) is 0 Å². The number of benzene rings is 1. The second kappa shape index (κ2) is 5.88. The predicted molar refractivity (Wildman–Crippen MR) is 79.9 cm³/mol. The SMILES string of the molecule is O=C(O)C1CCN(C(=O)Nc2ccc(-n3cccn3)cc2)C1. The van der Waals surface area contributed by atoms with Crippen molar-refractivity contribution in [2.75, 3.05) is 18.4 Å². The number of carbonyl (C=O) groups excluding carboxylic acids is 1. The number of urea groups is 1. The molecule has 3 rings (SSSR count). The van der Waals surface area contributed by atoms with Gasteiger partial charge in [-0.15, -0.1) is 0 Å². The fourth-order valence-corrected chi connectivity index (χ4v) is 2.47. The summed E-state index contributed by atoms with van der Waals surface area (Å²) in [5, 5.41) is 15.9. The maximum atomic E-state index is 12.1. The average Bonchev–Trinajstić information content (AvgIpc) is 3.20. The van der Waals surface area contributed by atoms with Crippen LogP contribution in [-0.4, -0.2) is 44.9 Å². The Hall–Kier alpha value is -2.83. The van der Waals surface area contributed by atoms with Gasteiger partial charge in [-0.05, 0) is 36.8 Å². The summed E-state index contributed by atoms with van der Waals surface area (Å²) < 4.78 is 1.73. The average molecular weight is 300 g/mol. The van der Waals surface area contributed by atoms with Crippen LogP contribution in [0.25, 0.3) is 5.69 Å². The summed E-state index contributed by atoms with van der Waals surface area (Å²) in [6.07, 6.45) is 4.03. The fourth-order valence-electron chi connectivity index (χ4n) is 2.47. The number of carboxylic acid groups (broad SMARTS) is 1. The van der Waals surface area contributed by atoms with Gasteiger partial charge in [0.25, 0.3) is 0 Å². The Morgan fingerprint density at radius 3 is 2.64 bits per heavy atom. The third-order valence-corrected chi connectivity index (χ3v) is 3.71. The highest BCUT2D eigenvalue weighted by Crippen LogP contribution is 2.18. The Balaban J connectivity index is 1.61. The number of carbonyl (C=O) groups is 2. The summed E-state index contributed by atoms with van der Waals surface area (Å²) in [5.41, 5.74) is 1.56. The highest BCUT2D eigenvalue weighted by Gasteiger charge is 2.30. The maximum absolute atomic E-state index is 12.1. The second-order valence-electron chi connectivity index (χ2n) is 5.20. The van der Waals surface area contributed by atoms with E-state index in [1.54, 1.807) is 23.0 Å². The normalized spacial score (nSPS) is 17.5. The van der Waals surface area contributed by atoms with Gasteiger partial charge in [-0.2, -0.15) is 5.10 Å². The summed E-state index contributed by atoms with van der Waals surface area (Å²) in [7, 11) is 0. The number of carboxylic acids is 1. The zero-order valence-electron chi connectivity index (χ0n) is 11.8. The van der Waals surface area contributed by atoms with Crippen molar-refractivity contribution in [3.05, 3.63) is 42.7 Å². The predicted octanol–water partition coefficient (Wildman–Crippen LogP) is 1.81. The minimum Gasteiger partial charge on any atom is -0.481 e. The van der Waals surface area contributed by atoms with E-state index < -0.39 is 11.9 Å². The standard InChI is InChI=1S/C15H16N4O3/c20-14(21)11-6-9-18(10-11)15(22)17-12-2-4-13(5-3-12)19-8-1-7-16-19/h1-5,7-8,11H,6,9-10H2,(H,17,22)(H,20,21).